The minimum Gasteiger partial charge on any atom is -0.336 e. The average Bonchev–Trinajstić information content (AvgIpc) is 2.55. The summed E-state index contributed by atoms with van der Waals surface area (Å²) in [7, 11) is 0. The summed E-state index contributed by atoms with van der Waals surface area (Å²) < 4.78 is 0. The van der Waals surface area contributed by atoms with Gasteiger partial charge < -0.3 is 16.0 Å². The van der Waals surface area contributed by atoms with Crippen LogP contribution in [0.25, 0.3) is 0 Å². The number of hydrogen-bond donors (Lipinski definition) is 3. The summed E-state index contributed by atoms with van der Waals surface area (Å²) in [4.78, 5) is 34.5. The van der Waals surface area contributed by atoms with Gasteiger partial charge >= 0.3 is 6.03 Å². The number of nitrogens with zero attached hydrogens (tertiary/aromatic N) is 1. The smallest absolute Gasteiger partial charge is 0.319 e. The van der Waals surface area contributed by atoms with Crippen molar-refractivity contribution in [2.75, 3.05) is 10.6 Å². The van der Waals surface area contributed by atoms with Crippen LogP contribution in [-0.4, -0.2) is 22.9 Å². The van der Waals surface area contributed by atoms with Crippen LogP contribution in [-0.2, 0) is 0 Å². The summed E-state index contributed by atoms with van der Waals surface area (Å²) in [5.41, 5.74) is 1.52. The van der Waals surface area contributed by atoms with Gasteiger partial charge in [-0.15, -0.1) is 0 Å². The van der Waals surface area contributed by atoms with E-state index in [1.807, 2.05) is 13.8 Å². The van der Waals surface area contributed by atoms with Crippen LogP contribution in [0.1, 0.15) is 29.8 Å². The first-order chi connectivity index (χ1) is 12.3. The molecule has 0 aliphatic carbocycles. The number of hydrogen-bond acceptors (Lipinski definition) is 4. The number of nitro benzene ring substituents is 1. The van der Waals surface area contributed by atoms with Gasteiger partial charge in [-0.25, -0.2) is 4.79 Å². The summed E-state index contributed by atoms with van der Waals surface area (Å²) in [6, 6.07) is 10.6. The van der Waals surface area contributed by atoms with E-state index in [0.717, 1.165) is 0 Å². The first kappa shape index (κ1) is 18.9. The number of nitrogens with one attached hydrogen (secondary N) is 3. The van der Waals surface area contributed by atoms with Crippen molar-refractivity contribution in [2.45, 2.75) is 26.8 Å². The fourth-order valence-electron chi connectivity index (χ4n) is 2.33. The highest BCUT2D eigenvalue weighted by atomic mass is 16.6. The van der Waals surface area contributed by atoms with E-state index in [2.05, 4.69) is 16.0 Å². The fourth-order valence-corrected chi connectivity index (χ4v) is 2.33. The molecule has 0 saturated carbocycles. The maximum Gasteiger partial charge on any atom is 0.319 e. The van der Waals surface area contributed by atoms with Gasteiger partial charge in [-0.2, -0.15) is 0 Å². The van der Waals surface area contributed by atoms with Crippen molar-refractivity contribution in [1.82, 2.24) is 5.32 Å². The van der Waals surface area contributed by atoms with Gasteiger partial charge in [0.1, 0.15) is 0 Å². The second-order valence-corrected chi connectivity index (χ2v) is 5.99. The Morgan fingerprint density at radius 2 is 1.58 bits per heavy atom. The van der Waals surface area contributed by atoms with E-state index < -0.39 is 10.8 Å². The zero-order chi connectivity index (χ0) is 19.3. The number of urea groups is 1. The van der Waals surface area contributed by atoms with Gasteiger partial charge in [0.25, 0.3) is 11.6 Å². The molecule has 0 atom stereocenters. The number of amides is 3. The molecule has 0 spiro atoms. The number of anilines is 2. The molecule has 2 aromatic carbocycles. The molecule has 0 unspecified atom stereocenters. The molecule has 26 heavy (non-hydrogen) atoms. The third-order valence-electron chi connectivity index (χ3n) is 3.57. The van der Waals surface area contributed by atoms with Crippen molar-refractivity contribution in [3.8, 4) is 0 Å². The third-order valence-corrected chi connectivity index (χ3v) is 3.57. The van der Waals surface area contributed by atoms with Crippen molar-refractivity contribution in [2.24, 2.45) is 0 Å². The summed E-state index contributed by atoms with van der Waals surface area (Å²) in [6.45, 7) is 5.25. The Hall–Kier alpha value is -3.42. The van der Waals surface area contributed by atoms with E-state index in [9.17, 15) is 19.7 Å². The van der Waals surface area contributed by atoms with Gasteiger partial charge in [-0.05, 0) is 51.1 Å². The molecule has 0 aromatic heterocycles. The van der Waals surface area contributed by atoms with Crippen LogP contribution >= 0.6 is 0 Å². The maximum absolute atomic E-state index is 12.4. The summed E-state index contributed by atoms with van der Waals surface area (Å²) >= 11 is 0. The molecule has 2 aromatic rings. The highest BCUT2D eigenvalue weighted by molar-refractivity contribution is 6.06. The van der Waals surface area contributed by atoms with Crippen LogP contribution in [0.2, 0.25) is 0 Å². The second-order valence-electron chi connectivity index (χ2n) is 5.99. The normalized spacial score (nSPS) is 10.3. The molecule has 0 fully saturated rings. The molecular weight excluding hydrogens is 336 g/mol. The minimum absolute atomic E-state index is 0.0201. The standard InChI is InChI=1S/C18H20N4O4/c1-11(2)19-18(24)21-14-9-7-13(8-10-14)20-17(23)15-5-4-6-16(12(15)3)22(25)26/h4-11H,1-3H3,(H,20,23)(H2,19,21,24). The van der Waals surface area contributed by atoms with Crippen molar-refractivity contribution >= 4 is 29.0 Å². The Morgan fingerprint density at radius 3 is 2.12 bits per heavy atom. The lowest BCUT2D eigenvalue weighted by molar-refractivity contribution is -0.385. The van der Waals surface area contributed by atoms with Gasteiger partial charge in [0.05, 0.1) is 4.92 Å². The zero-order valence-corrected chi connectivity index (χ0v) is 14.7. The van der Waals surface area contributed by atoms with E-state index in [0.29, 0.717) is 16.9 Å². The Labute approximate surface area is 150 Å². The summed E-state index contributed by atoms with van der Waals surface area (Å²) in [6.07, 6.45) is 0. The van der Waals surface area contributed by atoms with E-state index in [1.165, 1.54) is 25.1 Å². The van der Waals surface area contributed by atoms with Crippen molar-refractivity contribution in [3.05, 3.63) is 63.7 Å². The first-order valence-electron chi connectivity index (χ1n) is 8.01. The Kier molecular flexibility index (Phi) is 5.90. The van der Waals surface area contributed by atoms with Gasteiger partial charge in [-0.1, -0.05) is 6.07 Å². The molecule has 2 rings (SSSR count). The molecule has 0 bridgehead atoms. The van der Waals surface area contributed by atoms with Crippen LogP contribution in [0, 0.1) is 17.0 Å². The Balaban J connectivity index is 2.07. The third kappa shape index (κ3) is 4.79. The van der Waals surface area contributed by atoms with E-state index in [1.54, 1.807) is 24.3 Å². The SMILES string of the molecule is Cc1c(C(=O)Nc2ccc(NC(=O)NC(C)C)cc2)cccc1[N+](=O)[O-]. The molecular formula is C18H20N4O4. The van der Waals surface area contributed by atoms with E-state index in [-0.39, 0.29) is 23.3 Å². The lowest BCUT2D eigenvalue weighted by atomic mass is 10.1. The molecule has 8 nitrogen and oxygen atoms in total. The fraction of sp³-hybridized carbons (Fsp3) is 0.222. The molecule has 3 amide bonds. The highest BCUT2D eigenvalue weighted by Gasteiger charge is 2.18. The number of carbonyl (C=O) groups is 2. The Morgan fingerprint density at radius 1 is 1.00 bits per heavy atom. The van der Waals surface area contributed by atoms with Gasteiger partial charge in [0.15, 0.2) is 0 Å². The molecule has 136 valence electrons. The molecule has 3 N–H and O–H groups in total. The highest BCUT2D eigenvalue weighted by Crippen LogP contribution is 2.22. The quantitative estimate of drug-likeness (QED) is 0.560. The van der Waals surface area contributed by atoms with Crippen LogP contribution < -0.4 is 16.0 Å². The summed E-state index contributed by atoms with van der Waals surface area (Å²) in [5.74, 6) is -0.440. The second kappa shape index (κ2) is 8.11. The lowest BCUT2D eigenvalue weighted by Gasteiger charge is -2.11. The van der Waals surface area contributed by atoms with Crippen LogP contribution in [0.3, 0.4) is 0 Å². The summed E-state index contributed by atoms with van der Waals surface area (Å²) in [5, 5.41) is 19.1. The van der Waals surface area contributed by atoms with Gasteiger partial charge in [0.2, 0.25) is 0 Å². The number of rotatable bonds is 5. The number of benzene rings is 2. The molecule has 0 aliphatic rings. The molecule has 0 aliphatic heterocycles. The Bertz CT molecular complexity index is 832. The minimum atomic E-state index is -0.519. The lowest BCUT2D eigenvalue weighted by Crippen LogP contribution is -2.34. The predicted octanol–water partition coefficient (Wildman–Crippen LogP) is 3.69. The van der Waals surface area contributed by atoms with Gasteiger partial charge in [-0.3, -0.25) is 14.9 Å². The molecule has 8 heteroatoms. The van der Waals surface area contributed by atoms with Crippen molar-refractivity contribution in [1.29, 1.82) is 0 Å². The topological polar surface area (TPSA) is 113 Å². The maximum atomic E-state index is 12.4. The van der Waals surface area contributed by atoms with E-state index in [4.69, 9.17) is 0 Å². The number of nitro groups is 1. The van der Waals surface area contributed by atoms with Crippen molar-refractivity contribution in [3.63, 3.8) is 0 Å². The van der Waals surface area contributed by atoms with Crippen LogP contribution in [0.4, 0.5) is 21.9 Å². The largest absolute Gasteiger partial charge is 0.336 e. The predicted molar refractivity (Wildman–Crippen MR) is 99.5 cm³/mol. The molecule has 0 saturated heterocycles. The first-order valence-corrected chi connectivity index (χ1v) is 8.01. The van der Waals surface area contributed by atoms with Crippen LogP contribution in [0.15, 0.2) is 42.5 Å². The number of carbonyl (C=O) groups excluding carboxylic acids is 2. The van der Waals surface area contributed by atoms with Crippen LogP contribution in [0.5, 0.6) is 0 Å². The molecule has 0 radical (unpaired) electrons. The van der Waals surface area contributed by atoms with Crippen molar-refractivity contribution < 1.29 is 14.5 Å². The monoisotopic (exact) mass is 356 g/mol. The average molecular weight is 356 g/mol. The molecule has 0 heterocycles. The zero-order valence-electron chi connectivity index (χ0n) is 14.7. The van der Waals surface area contributed by atoms with E-state index >= 15 is 0 Å². The van der Waals surface area contributed by atoms with Gasteiger partial charge in [0, 0.05) is 34.6 Å².